The van der Waals surface area contributed by atoms with Gasteiger partial charge in [0.15, 0.2) is 5.84 Å². The van der Waals surface area contributed by atoms with Crippen LogP contribution in [0.25, 0.3) is 0 Å². The Morgan fingerprint density at radius 2 is 2.00 bits per heavy atom. The van der Waals surface area contributed by atoms with E-state index in [4.69, 9.17) is 10.3 Å². The fraction of sp³-hybridized carbons (Fsp3) is 0.538. The second kappa shape index (κ2) is 4.95. The Bertz CT molecular complexity index is 578. The van der Waals surface area contributed by atoms with Gasteiger partial charge in [-0.25, -0.2) is 9.98 Å². The zero-order valence-electron chi connectivity index (χ0n) is 11.9. The van der Waals surface area contributed by atoms with Crippen molar-refractivity contribution in [2.24, 2.45) is 26.6 Å². The van der Waals surface area contributed by atoms with Gasteiger partial charge in [0.25, 0.3) is 5.88 Å². The summed E-state index contributed by atoms with van der Waals surface area (Å²) in [4.78, 5) is 13.3. The molecule has 0 aliphatic carbocycles. The first-order valence-corrected chi connectivity index (χ1v) is 6.30. The van der Waals surface area contributed by atoms with Crippen molar-refractivity contribution in [3.05, 3.63) is 11.3 Å². The minimum absolute atomic E-state index is 0.140. The van der Waals surface area contributed by atoms with Gasteiger partial charge in [0.2, 0.25) is 0 Å². The Morgan fingerprint density at radius 1 is 1.32 bits per heavy atom. The van der Waals surface area contributed by atoms with Gasteiger partial charge < -0.3 is 10.3 Å². The van der Waals surface area contributed by atoms with Gasteiger partial charge >= 0.3 is 0 Å². The third-order valence-corrected chi connectivity index (χ3v) is 3.35. The van der Waals surface area contributed by atoms with Gasteiger partial charge in [0, 0.05) is 11.5 Å². The quantitative estimate of drug-likeness (QED) is 0.620. The summed E-state index contributed by atoms with van der Waals surface area (Å²) in [5.41, 5.74) is 8.21. The van der Waals surface area contributed by atoms with Crippen molar-refractivity contribution in [3.63, 3.8) is 0 Å². The van der Waals surface area contributed by atoms with E-state index in [1.54, 1.807) is 6.92 Å². The fourth-order valence-electron chi connectivity index (χ4n) is 1.82. The van der Waals surface area contributed by atoms with Gasteiger partial charge in [-0.15, -0.1) is 0 Å². The zero-order chi connectivity index (χ0) is 14.2. The van der Waals surface area contributed by atoms with Crippen LogP contribution in [0.1, 0.15) is 32.0 Å². The Morgan fingerprint density at radius 3 is 2.53 bits per heavy atom. The van der Waals surface area contributed by atoms with Crippen molar-refractivity contribution < 1.29 is 4.52 Å². The highest BCUT2D eigenvalue weighted by atomic mass is 16.5. The lowest BCUT2D eigenvalue weighted by atomic mass is 10.0. The van der Waals surface area contributed by atoms with Crippen molar-refractivity contribution in [1.29, 1.82) is 0 Å². The molecular formula is C13H19N5O. The van der Waals surface area contributed by atoms with E-state index < -0.39 is 0 Å². The molecule has 1 aromatic heterocycles. The monoisotopic (exact) mass is 261 g/mol. The molecule has 0 amide bonds. The highest BCUT2D eigenvalue weighted by molar-refractivity contribution is 6.45. The van der Waals surface area contributed by atoms with Crippen LogP contribution in [-0.4, -0.2) is 28.6 Å². The second-order valence-electron chi connectivity index (χ2n) is 4.93. The SMILES string of the molecule is CC(N)=NC1=NC(C)C(C)C1=Nc1onc(C)c1C. The Kier molecular flexibility index (Phi) is 3.50. The number of aliphatic imine (C=N–C) groups is 3. The highest BCUT2D eigenvalue weighted by Crippen LogP contribution is 2.26. The van der Waals surface area contributed by atoms with Gasteiger partial charge in [-0.3, -0.25) is 4.99 Å². The molecule has 6 heteroatoms. The van der Waals surface area contributed by atoms with E-state index in [1.807, 2.05) is 20.8 Å². The molecule has 19 heavy (non-hydrogen) atoms. The van der Waals surface area contributed by atoms with E-state index >= 15 is 0 Å². The molecule has 1 aromatic rings. The molecule has 0 bridgehead atoms. The van der Waals surface area contributed by atoms with Gasteiger partial charge in [-0.2, -0.15) is 0 Å². The molecule has 6 nitrogen and oxygen atoms in total. The highest BCUT2D eigenvalue weighted by Gasteiger charge is 2.30. The third kappa shape index (κ3) is 2.57. The maximum Gasteiger partial charge on any atom is 0.253 e. The molecule has 0 saturated carbocycles. The van der Waals surface area contributed by atoms with Gasteiger partial charge in [-0.05, 0) is 27.7 Å². The molecule has 2 unspecified atom stereocenters. The van der Waals surface area contributed by atoms with Crippen LogP contribution < -0.4 is 5.73 Å². The molecule has 2 atom stereocenters. The molecule has 0 radical (unpaired) electrons. The Labute approximate surface area is 112 Å². The minimum atomic E-state index is 0.140. The molecule has 2 N–H and O–H groups in total. The summed E-state index contributed by atoms with van der Waals surface area (Å²) in [6, 6.07) is 0.140. The van der Waals surface area contributed by atoms with E-state index in [1.165, 1.54) is 0 Å². The number of nitrogens with two attached hydrogens (primary N) is 1. The van der Waals surface area contributed by atoms with Crippen molar-refractivity contribution in [2.45, 2.75) is 40.7 Å². The largest absolute Gasteiger partial charge is 0.387 e. The number of hydrogen-bond donors (Lipinski definition) is 1. The van der Waals surface area contributed by atoms with E-state index in [-0.39, 0.29) is 12.0 Å². The number of aryl methyl sites for hydroxylation is 1. The van der Waals surface area contributed by atoms with Gasteiger partial charge in [-0.1, -0.05) is 12.1 Å². The fourth-order valence-corrected chi connectivity index (χ4v) is 1.82. The Balaban J connectivity index is 2.44. The summed E-state index contributed by atoms with van der Waals surface area (Å²) in [7, 11) is 0. The molecule has 0 fully saturated rings. The summed E-state index contributed by atoms with van der Waals surface area (Å²) in [6.07, 6.45) is 0. The topological polar surface area (TPSA) is 89.1 Å². The van der Waals surface area contributed by atoms with E-state index in [2.05, 4.69) is 27.1 Å². The first-order chi connectivity index (χ1) is 8.90. The first kappa shape index (κ1) is 13.5. The van der Waals surface area contributed by atoms with Gasteiger partial charge in [0.05, 0.1) is 23.3 Å². The number of amidine groups is 2. The van der Waals surface area contributed by atoms with Crippen LogP contribution in [0.4, 0.5) is 5.88 Å². The number of rotatable bonds is 1. The predicted octanol–water partition coefficient (Wildman–Crippen LogP) is 2.18. The lowest BCUT2D eigenvalue weighted by Crippen LogP contribution is -2.20. The van der Waals surface area contributed by atoms with Gasteiger partial charge in [0.1, 0.15) is 0 Å². The average molecular weight is 261 g/mol. The molecule has 0 spiro atoms. The summed E-state index contributed by atoms with van der Waals surface area (Å²) < 4.78 is 5.22. The van der Waals surface area contributed by atoms with Crippen molar-refractivity contribution in [2.75, 3.05) is 0 Å². The van der Waals surface area contributed by atoms with Crippen molar-refractivity contribution >= 4 is 23.3 Å². The lowest BCUT2D eigenvalue weighted by Gasteiger charge is -2.07. The number of aromatic nitrogens is 1. The molecular weight excluding hydrogens is 242 g/mol. The molecule has 2 heterocycles. The van der Waals surface area contributed by atoms with E-state index in [0.29, 0.717) is 17.6 Å². The molecule has 0 saturated heterocycles. The van der Waals surface area contributed by atoms with Crippen LogP contribution >= 0.6 is 0 Å². The molecule has 0 aromatic carbocycles. The van der Waals surface area contributed by atoms with Crippen molar-refractivity contribution in [3.8, 4) is 0 Å². The zero-order valence-corrected chi connectivity index (χ0v) is 11.9. The normalized spacial score (nSPS) is 26.1. The Hall–Kier alpha value is -1.98. The van der Waals surface area contributed by atoms with Crippen LogP contribution in [0.15, 0.2) is 19.5 Å². The minimum Gasteiger partial charge on any atom is -0.387 e. The van der Waals surface area contributed by atoms with Crippen LogP contribution in [0, 0.1) is 19.8 Å². The first-order valence-electron chi connectivity index (χ1n) is 6.30. The van der Waals surface area contributed by atoms with Crippen LogP contribution in [0.2, 0.25) is 0 Å². The summed E-state index contributed by atoms with van der Waals surface area (Å²) in [5.74, 6) is 1.76. The second-order valence-corrected chi connectivity index (χ2v) is 4.93. The smallest absolute Gasteiger partial charge is 0.253 e. The number of nitrogens with zero attached hydrogens (tertiary/aromatic N) is 4. The van der Waals surface area contributed by atoms with Crippen LogP contribution in [-0.2, 0) is 0 Å². The van der Waals surface area contributed by atoms with Crippen LogP contribution in [0.3, 0.4) is 0 Å². The third-order valence-electron chi connectivity index (χ3n) is 3.35. The van der Waals surface area contributed by atoms with E-state index in [9.17, 15) is 0 Å². The summed E-state index contributed by atoms with van der Waals surface area (Å²) in [5, 5.41) is 3.91. The molecule has 1 aliphatic heterocycles. The summed E-state index contributed by atoms with van der Waals surface area (Å²) in [6.45, 7) is 9.66. The van der Waals surface area contributed by atoms with E-state index in [0.717, 1.165) is 17.0 Å². The number of hydrogen-bond acceptors (Lipinski definition) is 5. The van der Waals surface area contributed by atoms with Crippen molar-refractivity contribution in [1.82, 2.24) is 5.16 Å². The maximum absolute atomic E-state index is 5.63. The lowest BCUT2D eigenvalue weighted by molar-refractivity contribution is 0.424. The molecule has 2 rings (SSSR count). The van der Waals surface area contributed by atoms with Crippen LogP contribution in [0.5, 0.6) is 0 Å². The average Bonchev–Trinajstić information content (AvgIpc) is 2.77. The maximum atomic E-state index is 5.63. The summed E-state index contributed by atoms with van der Waals surface area (Å²) >= 11 is 0. The predicted molar refractivity (Wildman–Crippen MR) is 76.4 cm³/mol. The molecule has 102 valence electrons. The molecule has 1 aliphatic rings. The standard InChI is InChI=1S/C13H19N5O/c1-6-8(3)15-12(16-10(5)14)11(6)17-13-7(2)9(4)18-19-13/h6,8H,1-5H3,(H2,14,15,16).